The molecule has 0 bridgehead atoms. The largest absolute Gasteiger partial charge is 0.364 e. The van der Waals surface area contributed by atoms with Gasteiger partial charge in [0.25, 0.3) is 0 Å². The molecule has 0 aliphatic rings. The van der Waals surface area contributed by atoms with E-state index in [1.165, 1.54) is 0 Å². The maximum absolute atomic E-state index is 4.70. The summed E-state index contributed by atoms with van der Waals surface area (Å²) in [5.41, 5.74) is 1.73. The molecule has 5 nitrogen and oxygen atoms in total. The summed E-state index contributed by atoms with van der Waals surface area (Å²) in [6.07, 6.45) is 4.92. The van der Waals surface area contributed by atoms with Crippen molar-refractivity contribution in [1.29, 1.82) is 0 Å². The van der Waals surface area contributed by atoms with E-state index in [4.69, 9.17) is 4.52 Å². The minimum atomic E-state index is 0.592. The van der Waals surface area contributed by atoms with Crippen molar-refractivity contribution in [2.45, 2.75) is 13.5 Å². The van der Waals surface area contributed by atoms with Gasteiger partial charge in [0.05, 0.1) is 18.4 Å². The van der Waals surface area contributed by atoms with E-state index in [1.54, 1.807) is 24.7 Å². The summed E-state index contributed by atoms with van der Waals surface area (Å²) in [7, 11) is 0. The average molecular weight is 190 g/mol. The lowest BCUT2D eigenvalue weighted by Crippen LogP contribution is -2.02. The lowest BCUT2D eigenvalue weighted by Gasteiger charge is -2.02. The zero-order valence-electron chi connectivity index (χ0n) is 7.77. The van der Waals surface area contributed by atoms with Gasteiger partial charge in [-0.15, -0.1) is 0 Å². The maximum Gasteiger partial charge on any atom is 0.145 e. The molecular weight excluding hydrogens is 180 g/mol. The van der Waals surface area contributed by atoms with Gasteiger partial charge in [-0.3, -0.25) is 4.98 Å². The number of rotatable bonds is 3. The number of nitrogens with zero attached hydrogens (tertiary/aromatic N) is 3. The van der Waals surface area contributed by atoms with E-state index in [0.29, 0.717) is 6.54 Å². The zero-order chi connectivity index (χ0) is 9.80. The third-order valence-electron chi connectivity index (χ3n) is 1.70. The van der Waals surface area contributed by atoms with Gasteiger partial charge in [0.1, 0.15) is 17.8 Å². The second-order valence-corrected chi connectivity index (χ2v) is 2.89. The van der Waals surface area contributed by atoms with Gasteiger partial charge in [-0.2, -0.15) is 0 Å². The highest BCUT2D eigenvalue weighted by Gasteiger charge is 1.97. The van der Waals surface area contributed by atoms with E-state index >= 15 is 0 Å². The summed E-state index contributed by atoms with van der Waals surface area (Å²) in [6.45, 7) is 2.49. The van der Waals surface area contributed by atoms with Crippen LogP contribution in [0.1, 0.15) is 11.4 Å². The molecule has 0 spiro atoms. The molecule has 5 heteroatoms. The Kier molecular flexibility index (Phi) is 2.40. The van der Waals surface area contributed by atoms with Gasteiger partial charge in [0.15, 0.2) is 0 Å². The van der Waals surface area contributed by atoms with Crippen LogP contribution in [-0.2, 0) is 6.54 Å². The maximum atomic E-state index is 4.70. The molecule has 14 heavy (non-hydrogen) atoms. The van der Waals surface area contributed by atoms with E-state index in [9.17, 15) is 0 Å². The van der Waals surface area contributed by atoms with Crippen molar-refractivity contribution in [3.05, 3.63) is 36.1 Å². The van der Waals surface area contributed by atoms with E-state index in [0.717, 1.165) is 17.2 Å². The summed E-state index contributed by atoms with van der Waals surface area (Å²) in [4.78, 5) is 8.26. The number of aromatic nitrogens is 3. The topological polar surface area (TPSA) is 63.8 Å². The fraction of sp³-hybridized carbons (Fsp3) is 0.222. The van der Waals surface area contributed by atoms with E-state index in [-0.39, 0.29) is 0 Å². The lowest BCUT2D eigenvalue weighted by molar-refractivity contribution is 0.412. The van der Waals surface area contributed by atoms with Gasteiger partial charge in [-0.25, -0.2) is 4.98 Å². The highest BCUT2D eigenvalue weighted by molar-refractivity contribution is 5.31. The number of hydrogen-bond donors (Lipinski definition) is 1. The summed E-state index contributed by atoms with van der Waals surface area (Å²) >= 11 is 0. The molecule has 0 aliphatic heterocycles. The summed E-state index contributed by atoms with van der Waals surface area (Å²) < 4.78 is 4.70. The SMILES string of the molecule is Cc1cncc(NCc2ccon2)n1. The molecule has 2 rings (SSSR count). The fourth-order valence-corrected chi connectivity index (χ4v) is 1.06. The van der Waals surface area contributed by atoms with Crippen molar-refractivity contribution in [3.8, 4) is 0 Å². The average Bonchev–Trinajstić information content (AvgIpc) is 2.67. The molecule has 2 aromatic rings. The van der Waals surface area contributed by atoms with Crippen LogP contribution in [0.3, 0.4) is 0 Å². The van der Waals surface area contributed by atoms with Crippen molar-refractivity contribution in [3.63, 3.8) is 0 Å². The lowest BCUT2D eigenvalue weighted by atomic mass is 10.4. The highest BCUT2D eigenvalue weighted by atomic mass is 16.5. The van der Waals surface area contributed by atoms with Crippen molar-refractivity contribution < 1.29 is 4.52 Å². The Morgan fingerprint density at radius 2 is 2.36 bits per heavy atom. The molecule has 0 fully saturated rings. The van der Waals surface area contributed by atoms with Gasteiger partial charge in [-0.1, -0.05) is 5.16 Å². The first-order chi connectivity index (χ1) is 6.84. The normalized spacial score (nSPS) is 10.1. The van der Waals surface area contributed by atoms with Crippen LogP contribution in [0.25, 0.3) is 0 Å². The Morgan fingerprint density at radius 1 is 1.43 bits per heavy atom. The Balaban J connectivity index is 1.98. The van der Waals surface area contributed by atoms with Gasteiger partial charge in [0.2, 0.25) is 0 Å². The quantitative estimate of drug-likeness (QED) is 0.792. The molecule has 2 aromatic heterocycles. The predicted octanol–water partition coefficient (Wildman–Crippen LogP) is 1.39. The Hall–Kier alpha value is -1.91. The van der Waals surface area contributed by atoms with Gasteiger partial charge in [-0.05, 0) is 6.92 Å². The van der Waals surface area contributed by atoms with Crippen LogP contribution in [-0.4, -0.2) is 15.1 Å². The van der Waals surface area contributed by atoms with Gasteiger partial charge in [0, 0.05) is 12.3 Å². The van der Waals surface area contributed by atoms with Crippen molar-refractivity contribution in [1.82, 2.24) is 15.1 Å². The molecule has 0 radical (unpaired) electrons. The Morgan fingerprint density at radius 3 is 3.07 bits per heavy atom. The van der Waals surface area contributed by atoms with E-state index in [2.05, 4.69) is 20.4 Å². The molecule has 0 amide bonds. The van der Waals surface area contributed by atoms with Crippen molar-refractivity contribution in [2.24, 2.45) is 0 Å². The first kappa shape index (κ1) is 8.68. The minimum absolute atomic E-state index is 0.592. The Bertz CT molecular complexity index is 399. The fourth-order valence-electron chi connectivity index (χ4n) is 1.06. The van der Waals surface area contributed by atoms with Crippen molar-refractivity contribution >= 4 is 5.82 Å². The van der Waals surface area contributed by atoms with Crippen LogP contribution >= 0.6 is 0 Å². The third kappa shape index (κ3) is 2.07. The molecule has 0 unspecified atom stereocenters. The molecule has 0 aromatic carbocycles. The van der Waals surface area contributed by atoms with E-state index in [1.807, 2.05) is 6.92 Å². The van der Waals surface area contributed by atoms with Crippen LogP contribution in [0.15, 0.2) is 29.2 Å². The number of hydrogen-bond acceptors (Lipinski definition) is 5. The third-order valence-corrected chi connectivity index (χ3v) is 1.70. The zero-order valence-corrected chi connectivity index (χ0v) is 7.77. The monoisotopic (exact) mass is 190 g/mol. The smallest absolute Gasteiger partial charge is 0.145 e. The first-order valence-corrected chi connectivity index (χ1v) is 4.26. The molecule has 0 atom stereocenters. The predicted molar refractivity (Wildman–Crippen MR) is 50.6 cm³/mol. The second kappa shape index (κ2) is 3.87. The highest BCUT2D eigenvalue weighted by Crippen LogP contribution is 2.03. The molecule has 1 N–H and O–H groups in total. The molecular formula is C9H10N4O. The molecule has 0 aliphatic carbocycles. The summed E-state index contributed by atoms with van der Waals surface area (Å²) in [5.74, 6) is 0.744. The van der Waals surface area contributed by atoms with Crippen LogP contribution in [0.2, 0.25) is 0 Å². The number of anilines is 1. The summed E-state index contributed by atoms with van der Waals surface area (Å²) in [6, 6.07) is 1.80. The minimum Gasteiger partial charge on any atom is -0.364 e. The van der Waals surface area contributed by atoms with E-state index < -0.39 is 0 Å². The standard InChI is InChI=1S/C9H10N4O/c1-7-4-10-6-9(12-7)11-5-8-2-3-14-13-8/h2-4,6H,5H2,1H3,(H,11,12). The molecule has 72 valence electrons. The molecule has 2 heterocycles. The van der Waals surface area contributed by atoms with Crippen LogP contribution in [0, 0.1) is 6.92 Å². The molecule has 0 saturated carbocycles. The number of aryl methyl sites for hydroxylation is 1. The second-order valence-electron chi connectivity index (χ2n) is 2.89. The first-order valence-electron chi connectivity index (χ1n) is 4.26. The molecule has 0 saturated heterocycles. The van der Waals surface area contributed by atoms with Gasteiger partial charge >= 0.3 is 0 Å². The van der Waals surface area contributed by atoms with Crippen molar-refractivity contribution in [2.75, 3.05) is 5.32 Å². The number of nitrogens with one attached hydrogen (secondary N) is 1. The van der Waals surface area contributed by atoms with Gasteiger partial charge < -0.3 is 9.84 Å². The van der Waals surface area contributed by atoms with Crippen LogP contribution in [0.4, 0.5) is 5.82 Å². The Labute approximate surface area is 81.2 Å². The van der Waals surface area contributed by atoms with Crippen LogP contribution < -0.4 is 5.32 Å². The van der Waals surface area contributed by atoms with Crippen LogP contribution in [0.5, 0.6) is 0 Å². The summed E-state index contributed by atoms with van der Waals surface area (Å²) in [5, 5.41) is 6.86.